The van der Waals surface area contributed by atoms with E-state index in [-0.39, 0.29) is 0 Å². The Morgan fingerprint density at radius 2 is 1.67 bits per heavy atom. The molecule has 2 nitrogen and oxygen atoms in total. The lowest BCUT2D eigenvalue weighted by Crippen LogP contribution is -1.55. The average Bonchev–Trinajstić information content (AvgIpc) is 1.72. The Hall–Kier alpha value is -0.710. The zero-order valence-electron chi connectivity index (χ0n) is 4.36. The molecule has 0 spiro atoms. The largest absolute Gasteiger partial charge is 0.431 e. The fourth-order valence-electron chi connectivity index (χ4n) is 0. The highest BCUT2D eigenvalue weighted by Gasteiger charge is 1.42. The first-order valence-electron chi connectivity index (χ1n) is 1.84. The number of nitrogens with zero attached hydrogens (tertiary/aromatic N) is 1. The summed E-state index contributed by atoms with van der Waals surface area (Å²) in [4.78, 5) is 0. The molecule has 0 saturated carbocycles. The fraction of sp³-hybridized carbons (Fsp3) is 0.750. The second kappa shape index (κ2) is 27.9. The Balaban J connectivity index is 0. The van der Waals surface area contributed by atoms with Gasteiger partial charge in [-0.15, -0.1) is 0 Å². The predicted octanol–water partition coefficient (Wildman–Crippen LogP) is 1.14. The minimum Gasteiger partial charge on any atom is -0.431 e. The topological polar surface area (TPSA) is 33.0 Å². The van der Waals surface area contributed by atoms with E-state index >= 15 is 0 Å². The van der Waals surface area contributed by atoms with E-state index < -0.39 is 0 Å². The zero-order chi connectivity index (χ0) is 5.41. The van der Waals surface area contributed by atoms with Gasteiger partial charge in [0.2, 0.25) is 0 Å². The summed E-state index contributed by atoms with van der Waals surface area (Å²) in [5.74, 6) is 0. The second-order valence-corrected chi connectivity index (χ2v) is 0.295. The molecule has 0 bridgehead atoms. The van der Waals surface area contributed by atoms with Crippen LogP contribution in [0.25, 0.3) is 0 Å². The van der Waals surface area contributed by atoms with Crippen molar-refractivity contribution in [1.29, 1.82) is 5.26 Å². The second-order valence-electron chi connectivity index (χ2n) is 0.295. The third-order valence-corrected chi connectivity index (χ3v) is 0.0913. The van der Waals surface area contributed by atoms with Gasteiger partial charge < -0.3 is 4.74 Å². The molecule has 0 atom stereocenters. The maximum atomic E-state index is 7.40. The van der Waals surface area contributed by atoms with Crippen LogP contribution >= 0.6 is 0 Å². The van der Waals surface area contributed by atoms with Crippen LogP contribution < -0.4 is 0 Å². The van der Waals surface area contributed by atoms with Gasteiger partial charge in [-0.25, -0.2) is 0 Å². The Bertz CT molecular complexity index is 37.3. The zero-order valence-corrected chi connectivity index (χ0v) is 4.36. The summed E-state index contributed by atoms with van der Waals surface area (Å²) in [6.07, 6.45) is 1.43. The molecule has 0 rings (SSSR count). The minimum absolute atomic E-state index is 1.32. The molecule has 0 aliphatic carbocycles. The van der Waals surface area contributed by atoms with E-state index in [4.69, 9.17) is 5.26 Å². The van der Waals surface area contributed by atoms with Gasteiger partial charge in [-0.1, -0.05) is 13.8 Å². The van der Waals surface area contributed by atoms with Crippen LogP contribution in [-0.4, -0.2) is 7.11 Å². The first-order valence-corrected chi connectivity index (χ1v) is 1.84. The molecule has 36 valence electrons. The third-order valence-electron chi connectivity index (χ3n) is 0.0913. The van der Waals surface area contributed by atoms with Crippen LogP contribution in [0.4, 0.5) is 0 Å². The molecule has 0 radical (unpaired) electrons. The number of ether oxygens (including phenoxy) is 1. The summed E-state index contributed by atoms with van der Waals surface area (Å²) in [5.41, 5.74) is 0. The molecule has 0 aromatic rings. The molecule has 0 heterocycles. The van der Waals surface area contributed by atoms with E-state index in [2.05, 4.69) is 4.74 Å². The Labute approximate surface area is 38.3 Å². The highest BCUT2D eigenvalue weighted by atomic mass is 16.5. The van der Waals surface area contributed by atoms with Crippen molar-refractivity contribution < 1.29 is 4.74 Å². The van der Waals surface area contributed by atoms with Crippen LogP contribution in [0.5, 0.6) is 0 Å². The van der Waals surface area contributed by atoms with E-state index in [1.807, 2.05) is 13.8 Å². The van der Waals surface area contributed by atoms with Crippen LogP contribution in [0.1, 0.15) is 13.8 Å². The van der Waals surface area contributed by atoms with Crippen molar-refractivity contribution in [3.63, 3.8) is 0 Å². The van der Waals surface area contributed by atoms with Crippen LogP contribution in [0.2, 0.25) is 0 Å². The third kappa shape index (κ3) is 205. The van der Waals surface area contributed by atoms with Gasteiger partial charge in [-0.2, -0.15) is 5.26 Å². The molecule has 0 amide bonds. The van der Waals surface area contributed by atoms with Crippen LogP contribution in [0.3, 0.4) is 0 Å². The van der Waals surface area contributed by atoms with Gasteiger partial charge in [-0.05, 0) is 0 Å². The fourth-order valence-corrected chi connectivity index (χ4v) is 0. The number of hydrogen-bond donors (Lipinski definition) is 0. The van der Waals surface area contributed by atoms with Gasteiger partial charge >= 0.3 is 0 Å². The van der Waals surface area contributed by atoms with Gasteiger partial charge in [0.25, 0.3) is 6.26 Å². The summed E-state index contributed by atoms with van der Waals surface area (Å²) < 4.78 is 3.85. The molecular weight excluding hydrogens is 78.1 g/mol. The number of methoxy groups -OCH3 is 1. The van der Waals surface area contributed by atoms with Crippen molar-refractivity contribution in [2.45, 2.75) is 13.8 Å². The molecule has 0 N–H and O–H groups in total. The van der Waals surface area contributed by atoms with E-state index in [0.29, 0.717) is 0 Å². The lowest BCUT2D eigenvalue weighted by atomic mass is 11.0. The van der Waals surface area contributed by atoms with E-state index in [1.54, 1.807) is 0 Å². The summed E-state index contributed by atoms with van der Waals surface area (Å²) in [6, 6.07) is 0. The highest BCUT2D eigenvalue weighted by molar-refractivity contribution is 4.39. The SMILES string of the molecule is CC.COC#N. The molecule has 0 fully saturated rings. The van der Waals surface area contributed by atoms with Crippen LogP contribution in [0.15, 0.2) is 0 Å². The van der Waals surface area contributed by atoms with E-state index in [0.717, 1.165) is 0 Å². The lowest BCUT2D eigenvalue weighted by molar-refractivity contribution is 0.362. The smallest absolute Gasteiger partial charge is 0.286 e. The average molecular weight is 87.1 g/mol. The normalized spacial score (nSPS) is 3.67. The molecule has 2 heteroatoms. The molecule has 0 aliphatic heterocycles. The maximum Gasteiger partial charge on any atom is 0.286 e. The number of rotatable bonds is 0. The minimum atomic E-state index is 1.32. The number of hydrogen-bond acceptors (Lipinski definition) is 2. The van der Waals surface area contributed by atoms with Gasteiger partial charge in [0.15, 0.2) is 0 Å². The van der Waals surface area contributed by atoms with E-state index in [9.17, 15) is 0 Å². The molecule has 0 aliphatic rings. The van der Waals surface area contributed by atoms with Crippen molar-refractivity contribution >= 4 is 0 Å². The Morgan fingerprint density at radius 1 is 1.50 bits per heavy atom. The lowest BCUT2D eigenvalue weighted by Gasteiger charge is -1.61. The van der Waals surface area contributed by atoms with E-state index in [1.165, 1.54) is 13.4 Å². The predicted molar refractivity (Wildman–Crippen MR) is 24.0 cm³/mol. The van der Waals surface area contributed by atoms with Crippen molar-refractivity contribution in [2.24, 2.45) is 0 Å². The van der Waals surface area contributed by atoms with Crippen molar-refractivity contribution in [1.82, 2.24) is 0 Å². The standard InChI is InChI=1S/C2H3NO.C2H6/c1-4-2-3;1-2/h1H3;1-2H3. The van der Waals surface area contributed by atoms with Gasteiger partial charge in [0, 0.05) is 0 Å². The quantitative estimate of drug-likeness (QED) is 0.415. The van der Waals surface area contributed by atoms with Gasteiger partial charge in [-0.3, -0.25) is 0 Å². The molecular formula is C4H9NO. The number of nitriles is 1. The first-order chi connectivity index (χ1) is 2.91. The van der Waals surface area contributed by atoms with Gasteiger partial charge in [0.1, 0.15) is 0 Å². The monoisotopic (exact) mass is 87.1 g/mol. The summed E-state index contributed by atoms with van der Waals surface area (Å²) >= 11 is 0. The molecule has 0 aromatic heterocycles. The molecule has 0 unspecified atom stereocenters. The van der Waals surface area contributed by atoms with Crippen molar-refractivity contribution in [2.75, 3.05) is 7.11 Å². The molecule has 6 heavy (non-hydrogen) atoms. The Kier molecular flexibility index (Phi) is 41.8. The van der Waals surface area contributed by atoms with Crippen LogP contribution in [-0.2, 0) is 4.74 Å². The molecule has 0 saturated heterocycles. The van der Waals surface area contributed by atoms with Crippen molar-refractivity contribution in [3.05, 3.63) is 0 Å². The van der Waals surface area contributed by atoms with Crippen LogP contribution in [0, 0.1) is 11.5 Å². The highest BCUT2D eigenvalue weighted by Crippen LogP contribution is 1.41. The maximum absolute atomic E-state index is 7.40. The molecule has 0 aromatic carbocycles. The Morgan fingerprint density at radius 3 is 1.67 bits per heavy atom. The van der Waals surface area contributed by atoms with Gasteiger partial charge in [0.05, 0.1) is 7.11 Å². The summed E-state index contributed by atoms with van der Waals surface area (Å²) in [5, 5.41) is 7.40. The summed E-state index contributed by atoms with van der Waals surface area (Å²) in [7, 11) is 1.32. The first kappa shape index (κ1) is 8.99. The summed E-state index contributed by atoms with van der Waals surface area (Å²) in [6.45, 7) is 4.00. The van der Waals surface area contributed by atoms with Crippen molar-refractivity contribution in [3.8, 4) is 6.26 Å².